The predicted octanol–water partition coefficient (Wildman–Crippen LogP) is 1.91. The van der Waals surface area contributed by atoms with Gasteiger partial charge in [-0.2, -0.15) is 5.26 Å². The Balaban J connectivity index is 2.23. The van der Waals surface area contributed by atoms with Crippen LogP contribution in [0.4, 0.5) is 5.82 Å². The smallest absolute Gasteiger partial charge is 0.144 e. The second kappa shape index (κ2) is 4.66. The van der Waals surface area contributed by atoms with Crippen molar-refractivity contribution >= 4 is 5.82 Å². The minimum absolute atomic E-state index is 0.574. The largest absolute Gasteiger partial charge is 0.363 e. The molecule has 0 amide bonds. The van der Waals surface area contributed by atoms with Gasteiger partial charge < -0.3 is 10.3 Å². The standard InChI is InChI=1S/C12H13N5/c1-8-3-9(2)17-12(11(8)4-13)15-6-10-5-14-7-16-10/h3,5,7H,6H2,1-2H3,(H,14,16)(H,15,17). The number of pyridine rings is 1. The normalized spacial score (nSPS) is 9.94. The average molecular weight is 227 g/mol. The number of rotatable bonds is 3. The molecule has 2 aromatic heterocycles. The fraction of sp³-hybridized carbons (Fsp3) is 0.250. The van der Waals surface area contributed by atoms with Crippen LogP contribution in [0.3, 0.4) is 0 Å². The van der Waals surface area contributed by atoms with Gasteiger partial charge in [0.15, 0.2) is 0 Å². The molecular weight excluding hydrogens is 214 g/mol. The van der Waals surface area contributed by atoms with Gasteiger partial charge in [-0.15, -0.1) is 0 Å². The number of aromatic nitrogens is 3. The van der Waals surface area contributed by atoms with Crippen LogP contribution in [0.5, 0.6) is 0 Å². The molecule has 5 heteroatoms. The van der Waals surface area contributed by atoms with Gasteiger partial charge in [0.1, 0.15) is 11.9 Å². The summed E-state index contributed by atoms with van der Waals surface area (Å²) in [5.41, 5.74) is 3.38. The zero-order valence-electron chi connectivity index (χ0n) is 9.78. The molecule has 0 atom stereocenters. The van der Waals surface area contributed by atoms with Crippen LogP contribution in [0.2, 0.25) is 0 Å². The van der Waals surface area contributed by atoms with E-state index in [1.54, 1.807) is 12.5 Å². The van der Waals surface area contributed by atoms with Crippen LogP contribution in [0.1, 0.15) is 22.5 Å². The quantitative estimate of drug-likeness (QED) is 0.839. The maximum absolute atomic E-state index is 9.10. The summed E-state index contributed by atoms with van der Waals surface area (Å²) in [5.74, 6) is 0.625. The summed E-state index contributed by atoms with van der Waals surface area (Å²) in [5, 5.41) is 12.2. The highest BCUT2D eigenvalue weighted by atomic mass is 15.0. The van der Waals surface area contributed by atoms with Crippen LogP contribution >= 0.6 is 0 Å². The molecule has 2 aromatic rings. The van der Waals surface area contributed by atoms with Gasteiger partial charge in [-0.25, -0.2) is 9.97 Å². The Hall–Kier alpha value is -2.35. The van der Waals surface area contributed by atoms with Crippen molar-refractivity contribution in [3.8, 4) is 6.07 Å². The van der Waals surface area contributed by atoms with Crippen LogP contribution in [0.25, 0.3) is 0 Å². The fourth-order valence-corrected chi connectivity index (χ4v) is 1.67. The number of nitrogens with one attached hydrogen (secondary N) is 2. The number of hydrogen-bond donors (Lipinski definition) is 2. The third-order valence-corrected chi connectivity index (χ3v) is 2.46. The van der Waals surface area contributed by atoms with Crippen LogP contribution in [-0.4, -0.2) is 15.0 Å². The van der Waals surface area contributed by atoms with E-state index in [1.807, 2.05) is 19.9 Å². The number of H-pyrrole nitrogens is 1. The Bertz CT molecular complexity index is 551. The summed E-state index contributed by atoms with van der Waals surface area (Å²) in [7, 11) is 0. The Labute approximate surface area is 99.5 Å². The summed E-state index contributed by atoms with van der Waals surface area (Å²) in [6, 6.07) is 4.07. The lowest BCUT2D eigenvalue weighted by molar-refractivity contribution is 1.03. The van der Waals surface area contributed by atoms with E-state index in [-0.39, 0.29) is 0 Å². The Morgan fingerprint density at radius 3 is 2.94 bits per heavy atom. The van der Waals surface area contributed by atoms with E-state index in [0.29, 0.717) is 17.9 Å². The molecule has 86 valence electrons. The highest BCUT2D eigenvalue weighted by Crippen LogP contribution is 2.17. The maximum atomic E-state index is 9.10. The van der Waals surface area contributed by atoms with Gasteiger partial charge in [-0.3, -0.25) is 0 Å². The lowest BCUT2D eigenvalue weighted by Gasteiger charge is -2.09. The summed E-state index contributed by atoms with van der Waals surface area (Å²) in [6.07, 6.45) is 3.36. The monoisotopic (exact) mass is 227 g/mol. The van der Waals surface area contributed by atoms with Crippen molar-refractivity contribution < 1.29 is 0 Å². The van der Waals surface area contributed by atoms with Crippen molar-refractivity contribution in [3.05, 3.63) is 41.1 Å². The Morgan fingerprint density at radius 1 is 1.47 bits per heavy atom. The maximum Gasteiger partial charge on any atom is 0.144 e. The van der Waals surface area contributed by atoms with E-state index in [4.69, 9.17) is 5.26 Å². The van der Waals surface area contributed by atoms with E-state index in [1.165, 1.54) is 0 Å². The number of nitriles is 1. The second-order valence-corrected chi connectivity index (χ2v) is 3.85. The topological polar surface area (TPSA) is 77.4 Å². The zero-order chi connectivity index (χ0) is 12.3. The highest BCUT2D eigenvalue weighted by molar-refractivity contribution is 5.56. The molecule has 2 rings (SSSR count). The van der Waals surface area contributed by atoms with Crippen LogP contribution in [0.15, 0.2) is 18.6 Å². The molecule has 0 spiro atoms. The summed E-state index contributed by atoms with van der Waals surface area (Å²) >= 11 is 0. The van der Waals surface area contributed by atoms with E-state index in [2.05, 4.69) is 26.3 Å². The first-order valence-electron chi connectivity index (χ1n) is 5.30. The molecule has 0 radical (unpaired) electrons. The molecule has 5 nitrogen and oxygen atoms in total. The predicted molar refractivity (Wildman–Crippen MR) is 64.3 cm³/mol. The van der Waals surface area contributed by atoms with E-state index >= 15 is 0 Å². The van der Waals surface area contributed by atoms with E-state index in [0.717, 1.165) is 17.0 Å². The van der Waals surface area contributed by atoms with Gasteiger partial charge in [-0.1, -0.05) is 0 Å². The number of aromatic amines is 1. The van der Waals surface area contributed by atoms with Crippen LogP contribution < -0.4 is 5.32 Å². The van der Waals surface area contributed by atoms with Crippen molar-refractivity contribution in [2.75, 3.05) is 5.32 Å². The number of imidazole rings is 1. The molecule has 2 N–H and O–H groups in total. The summed E-state index contributed by atoms with van der Waals surface area (Å²) in [6.45, 7) is 4.40. The molecule has 0 aromatic carbocycles. The minimum Gasteiger partial charge on any atom is -0.363 e. The van der Waals surface area contributed by atoms with Gasteiger partial charge >= 0.3 is 0 Å². The molecule has 0 saturated heterocycles. The molecular formula is C12H13N5. The summed E-state index contributed by atoms with van der Waals surface area (Å²) < 4.78 is 0. The van der Waals surface area contributed by atoms with Crippen molar-refractivity contribution in [2.45, 2.75) is 20.4 Å². The third kappa shape index (κ3) is 2.42. The molecule has 0 saturated carbocycles. The molecule has 0 fully saturated rings. The molecule has 0 aliphatic rings. The number of nitrogens with zero attached hydrogens (tertiary/aromatic N) is 3. The average Bonchev–Trinajstić information content (AvgIpc) is 2.78. The first-order valence-corrected chi connectivity index (χ1v) is 5.30. The first-order chi connectivity index (χ1) is 8.20. The number of anilines is 1. The van der Waals surface area contributed by atoms with Gasteiger partial charge in [0.25, 0.3) is 0 Å². The van der Waals surface area contributed by atoms with Crippen molar-refractivity contribution in [3.63, 3.8) is 0 Å². The molecule has 0 aliphatic heterocycles. The molecule has 17 heavy (non-hydrogen) atoms. The Morgan fingerprint density at radius 2 is 2.29 bits per heavy atom. The fourth-order valence-electron chi connectivity index (χ4n) is 1.67. The van der Waals surface area contributed by atoms with E-state index < -0.39 is 0 Å². The van der Waals surface area contributed by atoms with Gasteiger partial charge in [0.2, 0.25) is 0 Å². The Kier molecular flexibility index (Phi) is 3.06. The van der Waals surface area contributed by atoms with Crippen LogP contribution in [0, 0.1) is 25.2 Å². The van der Waals surface area contributed by atoms with Gasteiger partial charge in [0.05, 0.1) is 24.1 Å². The second-order valence-electron chi connectivity index (χ2n) is 3.85. The van der Waals surface area contributed by atoms with Crippen molar-refractivity contribution in [1.29, 1.82) is 5.26 Å². The molecule has 2 heterocycles. The first kappa shape index (κ1) is 11.1. The van der Waals surface area contributed by atoms with Crippen molar-refractivity contribution in [2.24, 2.45) is 0 Å². The zero-order valence-corrected chi connectivity index (χ0v) is 9.78. The summed E-state index contributed by atoms with van der Waals surface area (Å²) in [4.78, 5) is 11.3. The van der Waals surface area contributed by atoms with Gasteiger partial charge in [0, 0.05) is 11.9 Å². The number of hydrogen-bond acceptors (Lipinski definition) is 4. The highest BCUT2D eigenvalue weighted by Gasteiger charge is 2.08. The third-order valence-electron chi connectivity index (χ3n) is 2.46. The van der Waals surface area contributed by atoms with E-state index in [9.17, 15) is 0 Å². The molecule has 0 unspecified atom stereocenters. The minimum atomic E-state index is 0.574. The molecule has 0 aliphatic carbocycles. The van der Waals surface area contributed by atoms with Crippen molar-refractivity contribution in [1.82, 2.24) is 15.0 Å². The number of aryl methyl sites for hydroxylation is 2. The molecule has 0 bridgehead atoms. The van der Waals surface area contributed by atoms with Gasteiger partial charge in [-0.05, 0) is 25.5 Å². The lowest BCUT2D eigenvalue weighted by Crippen LogP contribution is -2.05. The lowest BCUT2D eigenvalue weighted by atomic mass is 10.1. The SMILES string of the molecule is Cc1cc(C)c(C#N)c(NCc2cnc[nH]2)n1. The van der Waals surface area contributed by atoms with Crippen LogP contribution in [-0.2, 0) is 6.54 Å².